The monoisotopic (exact) mass is 254 g/mol. The molecule has 0 aliphatic rings. The topological polar surface area (TPSA) is 84.6 Å². The van der Waals surface area contributed by atoms with Crippen LogP contribution in [0.15, 0.2) is 18.2 Å². The van der Waals surface area contributed by atoms with E-state index in [1.165, 1.54) is 13.2 Å². The summed E-state index contributed by atoms with van der Waals surface area (Å²) >= 11 is 0. The van der Waals surface area contributed by atoms with Crippen LogP contribution in [0.25, 0.3) is 0 Å². The van der Waals surface area contributed by atoms with Crippen LogP contribution in [-0.4, -0.2) is 30.3 Å². The van der Waals surface area contributed by atoms with Gasteiger partial charge in [-0.15, -0.1) is 0 Å². The number of rotatable bonds is 6. The second-order valence-electron chi connectivity index (χ2n) is 4.82. The van der Waals surface area contributed by atoms with Crippen LogP contribution in [0.3, 0.4) is 0 Å². The zero-order chi connectivity index (χ0) is 13.8. The molecule has 0 heterocycles. The van der Waals surface area contributed by atoms with E-state index < -0.39 is 4.92 Å². The molecule has 0 aliphatic carbocycles. The van der Waals surface area contributed by atoms with Crippen LogP contribution in [0.5, 0.6) is 5.75 Å². The van der Waals surface area contributed by atoms with E-state index in [4.69, 9.17) is 9.84 Å². The van der Waals surface area contributed by atoms with Gasteiger partial charge < -0.3 is 15.2 Å². The lowest BCUT2D eigenvalue weighted by molar-refractivity contribution is -0.384. The Kier molecular flexibility index (Phi) is 4.49. The van der Waals surface area contributed by atoms with Gasteiger partial charge in [0.2, 0.25) is 0 Å². The number of anilines is 1. The first-order valence-corrected chi connectivity index (χ1v) is 5.57. The third-order valence-electron chi connectivity index (χ3n) is 2.59. The number of ether oxygens (including phenoxy) is 1. The number of nitro groups is 1. The van der Waals surface area contributed by atoms with Crippen LogP contribution in [-0.2, 0) is 0 Å². The minimum absolute atomic E-state index is 0.00222. The fourth-order valence-electron chi connectivity index (χ4n) is 1.33. The maximum absolute atomic E-state index is 10.9. The third-order valence-corrected chi connectivity index (χ3v) is 2.59. The Morgan fingerprint density at radius 1 is 1.50 bits per heavy atom. The van der Waals surface area contributed by atoms with Crippen LogP contribution < -0.4 is 10.1 Å². The second-order valence-corrected chi connectivity index (χ2v) is 4.82. The van der Waals surface area contributed by atoms with Gasteiger partial charge in [-0.1, -0.05) is 13.8 Å². The summed E-state index contributed by atoms with van der Waals surface area (Å²) < 4.78 is 5.04. The number of aliphatic hydroxyl groups excluding tert-OH is 1. The normalized spacial score (nSPS) is 11.1. The fourth-order valence-corrected chi connectivity index (χ4v) is 1.33. The van der Waals surface area contributed by atoms with Crippen molar-refractivity contribution in [3.63, 3.8) is 0 Å². The summed E-state index contributed by atoms with van der Waals surface area (Å²) in [4.78, 5) is 10.4. The average molecular weight is 254 g/mol. The SMILES string of the molecule is COc1ccc([N+](=O)[O-])c(NCC(C)(C)CO)c1. The summed E-state index contributed by atoms with van der Waals surface area (Å²) in [7, 11) is 1.50. The number of benzene rings is 1. The molecular weight excluding hydrogens is 236 g/mol. The van der Waals surface area contributed by atoms with E-state index in [1.54, 1.807) is 12.1 Å². The van der Waals surface area contributed by atoms with Crippen molar-refractivity contribution in [3.8, 4) is 5.75 Å². The zero-order valence-electron chi connectivity index (χ0n) is 10.8. The molecule has 0 bridgehead atoms. The highest BCUT2D eigenvalue weighted by Crippen LogP contribution is 2.29. The van der Waals surface area contributed by atoms with E-state index in [9.17, 15) is 10.1 Å². The lowest BCUT2D eigenvalue weighted by Gasteiger charge is -2.22. The molecule has 1 rings (SSSR count). The number of nitro benzene ring substituents is 1. The van der Waals surface area contributed by atoms with E-state index >= 15 is 0 Å². The first-order valence-electron chi connectivity index (χ1n) is 5.57. The number of hydrogen-bond acceptors (Lipinski definition) is 5. The largest absolute Gasteiger partial charge is 0.497 e. The van der Waals surface area contributed by atoms with E-state index in [0.29, 0.717) is 18.0 Å². The Balaban J connectivity index is 2.94. The van der Waals surface area contributed by atoms with E-state index in [0.717, 1.165) is 0 Å². The summed E-state index contributed by atoms with van der Waals surface area (Å²) in [5.74, 6) is 0.546. The quantitative estimate of drug-likeness (QED) is 0.599. The maximum Gasteiger partial charge on any atom is 0.292 e. The molecule has 0 fully saturated rings. The predicted molar refractivity (Wildman–Crippen MR) is 69.0 cm³/mol. The van der Waals surface area contributed by atoms with Crippen LogP contribution in [0.2, 0.25) is 0 Å². The molecule has 6 heteroatoms. The van der Waals surface area contributed by atoms with Crippen molar-refractivity contribution in [1.82, 2.24) is 0 Å². The molecule has 18 heavy (non-hydrogen) atoms. The number of nitrogens with zero attached hydrogens (tertiary/aromatic N) is 1. The van der Waals surface area contributed by atoms with Crippen LogP contribution in [0.1, 0.15) is 13.8 Å². The summed E-state index contributed by atoms with van der Waals surface area (Å²) in [6.07, 6.45) is 0. The first kappa shape index (κ1) is 14.2. The Labute approximate surface area is 106 Å². The van der Waals surface area contributed by atoms with Gasteiger partial charge in [-0.2, -0.15) is 0 Å². The highest BCUT2D eigenvalue weighted by atomic mass is 16.6. The highest BCUT2D eigenvalue weighted by molar-refractivity contribution is 5.64. The number of nitrogens with one attached hydrogen (secondary N) is 1. The number of hydrogen-bond donors (Lipinski definition) is 2. The summed E-state index contributed by atoms with van der Waals surface area (Å²) in [5.41, 5.74) is 0.0298. The molecule has 6 nitrogen and oxygen atoms in total. The Hall–Kier alpha value is -1.82. The summed E-state index contributed by atoms with van der Waals surface area (Å²) in [5, 5.41) is 23.0. The van der Waals surface area contributed by atoms with Gasteiger partial charge in [-0.05, 0) is 6.07 Å². The maximum atomic E-state index is 10.9. The molecular formula is C12H18N2O4. The summed E-state index contributed by atoms with van der Waals surface area (Å²) in [6.45, 7) is 4.16. The molecule has 0 unspecified atom stereocenters. The molecule has 0 saturated carbocycles. The van der Waals surface area contributed by atoms with E-state index in [1.807, 2.05) is 13.8 Å². The number of aliphatic hydroxyl groups is 1. The minimum atomic E-state index is -0.451. The van der Waals surface area contributed by atoms with E-state index in [2.05, 4.69) is 5.32 Å². The predicted octanol–water partition coefficient (Wildman–Crippen LogP) is 2.03. The van der Waals surface area contributed by atoms with Crippen molar-refractivity contribution in [3.05, 3.63) is 28.3 Å². The molecule has 0 saturated heterocycles. The van der Waals surface area contributed by atoms with Gasteiger partial charge in [0.15, 0.2) is 0 Å². The lowest BCUT2D eigenvalue weighted by atomic mass is 9.95. The molecule has 100 valence electrons. The number of methoxy groups -OCH3 is 1. The zero-order valence-corrected chi connectivity index (χ0v) is 10.8. The molecule has 2 N–H and O–H groups in total. The third kappa shape index (κ3) is 3.59. The van der Waals surface area contributed by atoms with Gasteiger partial charge in [0, 0.05) is 30.7 Å². The van der Waals surface area contributed by atoms with Gasteiger partial charge >= 0.3 is 0 Å². The van der Waals surface area contributed by atoms with Crippen molar-refractivity contribution < 1.29 is 14.8 Å². The van der Waals surface area contributed by atoms with Crippen molar-refractivity contribution in [1.29, 1.82) is 0 Å². The van der Waals surface area contributed by atoms with Gasteiger partial charge in [-0.3, -0.25) is 10.1 Å². The van der Waals surface area contributed by atoms with Gasteiger partial charge in [0.1, 0.15) is 11.4 Å². The standard InChI is InChI=1S/C12H18N2O4/c1-12(2,8-15)7-13-10-6-9(18-3)4-5-11(10)14(16)17/h4-6,13,15H,7-8H2,1-3H3. The van der Waals surface area contributed by atoms with E-state index in [-0.39, 0.29) is 17.7 Å². The molecule has 0 aliphatic heterocycles. The van der Waals surface area contributed by atoms with Crippen molar-refractivity contribution in [2.24, 2.45) is 5.41 Å². The van der Waals surface area contributed by atoms with Crippen molar-refractivity contribution in [2.75, 3.05) is 25.6 Å². The molecule has 0 atom stereocenters. The van der Waals surface area contributed by atoms with Gasteiger partial charge in [-0.25, -0.2) is 0 Å². The van der Waals surface area contributed by atoms with Crippen LogP contribution in [0.4, 0.5) is 11.4 Å². The second kappa shape index (κ2) is 5.68. The average Bonchev–Trinajstić information content (AvgIpc) is 2.36. The molecule has 0 spiro atoms. The molecule has 1 aromatic carbocycles. The Morgan fingerprint density at radius 2 is 2.17 bits per heavy atom. The summed E-state index contributed by atoms with van der Waals surface area (Å²) in [6, 6.07) is 4.51. The van der Waals surface area contributed by atoms with Crippen molar-refractivity contribution >= 4 is 11.4 Å². The lowest BCUT2D eigenvalue weighted by Crippen LogP contribution is -2.27. The van der Waals surface area contributed by atoms with Gasteiger partial charge in [0.25, 0.3) is 5.69 Å². The highest BCUT2D eigenvalue weighted by Gasteiger charge is 2.20. The first-order chi connectivity index (χ1) is 8.39. The molecule has 0 radical (unpaired) electrons. The van der Waals surface area contributed by atoms with Gasteiger partial charge in [0.05, 0.1) is 12.0 Å². The Bertz CT molecular complexity index is 432. The van der Waals surface area contributed by atoms with Crippen molar-refractivity contribution in [2.45, 2.75) is 13.8 Å². The Morgan fingerprint density at radius 3 is 2.67 bits per heavy atom. The minimum Gasteiger partial charge on any atom is -0.497 e. The molecule has 0 amide bonds. The van der Waals surface area contributed by atoms with Crippen LogP contribution >= 0.6 is 0 Å². The molecule has 1 aromatic rings. The van der Waals surface area contributed by atoms with Crippen LogP contribution in [0, 0.1) is 15.5 Å². The smallest absolute Gasteiger partial charge is 0.292 e. The fraction of sp³-hybridized carbons (Fsp3) is 0.500. The molecule has 0 aromatic heterocycles.